The number of halogens is 1. The van der Waals surface area contributed by atoms with Crippen LogP contribution < -0.4 is 16.2 Å². The molecule has 0 aliphatic carbocycles. The van der Waals surface area contributed by atoms with Gasteiger partial charge in [0.2, 0.25) is 0 Å². The first-order valence-electron chi connectivity index (χ1n) is 6.33. The van der Waals surface area contributed by atoms with Crippen LogP contribution in [-0.4, -0.2) is 29.9 Å². The molecule has 0 amide bonds. The highest BCUT2D eigenvalue weighted by Crippen LogP contribution is 2.12. The minimum atomic E-state index is -0.119. The number of hydrogen-bond donors (Lipinski definition) is 1. The maximum Gasteiger partial charge on any atom is 0.269 e. The predicted octanol–water partition coefficient (Wildman–Crippen LogP) is 1.45. The predicted molar refractivity (Wildman–Crippen MR) is 84.1 cm³/mol. The summed E-state index contributed by atoms with van der Waals surface area (Å²) in [5.41, 5.74) is 7.19. The molecule has 0 aliphatic heterocycles. The molecule has 0 radical (unpaired) electrons. The zero-order chi connectivity index (χ0) is 14.5. The smallest absolute Gasteiger partial charge is 0.269 e. The molecule has 0 spiro atoms. The fraction of sp³-hybridized carbons (Fsp3) is 0.286. The number of nitrogens with two attached hydrogens (primary N) is 1. The van der Waals surface area contributed by atoms with Gasteiger partial charge in [-0.1, -0.05) is 28.1 Å². The van der Waals surface area contributed by atoms with Crippen molar-refractivity contribution < 1.29 is 0 Å². The molecule has 0 fully saturated rings. The third-order valence-electron chi connectivity index (χ3n) is 2.98. The standard InChI is InChI=1S/C14H17BrN4O/c1-18(6-5-16)13-8-14(20)19(17-9-13)10-11-3-2-4-12(15)7-11/h2-4,7-9H,5-6,10,16H2,1H3. The van der Waals surface area contributed by atoms with Crippen molar-refractivity contribution in [3.8, 4) is 0 Å². The number of rotatable bonds is 5. The van der Waals surface area contributed by atoms with Crippen LogP contribution in [0.1, 0.15) is 5.56 Å². The second-order valence-electron chi connectivity index (χ2n) is 4.55. The van der Waals surface area contributed by atoms with Gasteiger partial charge in [0.1, 0.15) is 0 Å². The molecule has 106 valence electrons. The Balaban J connectivity index is 2.20. The number of hydrogen-bond acceptors (Lipinski definition) is 4. The molecule has 0 atom stereocenters. The Morgan fingerprint density at radius 1 is 1.40 bits per heavy atom. The van der Waals surface area contributed by atoms with Crippen LogP contribution in [0.25, 0.3) is 0 Å². The van der Waals surface area contributed by atoms with Gasteiger partial charge in [0.25, 0.3) is 5.56 Å². The summed E-state index contributed by atoms with van der Waals surface area (Å²) in [6.45, 7) is 1.69. The molecule has 1 heterocycles. The molecule has 2 N–H and O–H groups in total. The average molecular weight is 337 g/mol. The lowest BCUT2D eigenvalue weighted by Gasteiger charge is -2.17. The lowest BCUT2D eigenvalue weighted by atomic mass is 10.2. The molecular weight excluding hydrogens is 320 g/mol. The van der Waals surface area contributed by atoms with E-state index in [4.69, 9.17) is 5.73 Å². The van der Waals surface area contributed by atoms with E-state index in [2.05, 4.69) is 21.0 Å². The van der Waals surface area contributed by atoms with Gasteiger partial charge in [0, 0.05) is 30.7 Å². The van der Waals surface area contributed by atoms with Gasteiger partial charge in [-0.15, -0.1) is 0 Å². The van der Waals surface area contributed by atoms with Gasteiger partial charge in [-0.3, -0.25) is 4.79 Å². The SMILES string of the molecule is CN(CCN)c1cnn(Cc2cccc(Br)c2)c(=O)c1. The number of nitrogens with zero attached hydrogens (tertiary/aromatic N) is 3. The summed E-state index contributed by atoms with van der Waals surface area (Å²) in [4.78, 5) is 14.0. The molecule has 2 rings (SSSR count). The van der Waals surface area contributed by atoms with Crippen LogP contribution in [0.15, 0.2) is 45.8 Å². The van der Waals surface area contributed by atoms with Gasteiger partial charge >= 0.3 is 0 Å². The Hall–Kier alpha value is -1.66. The Morgan fingerprint density at radius 2 is 2.20 bits per heavy atom. The van der Waals surface area contributed by atoms with Crippen molar-refractivity contribution in [1.82, 2.24) is 9.78 Å². The second-order valence-corrected chi connectivity index (χ2v) is 5.47. The molecule has 2 aromatic rings. The third kappa shape index (κ3) is 3.68. The summed E-state index contributed by atoms with van der Waals surface area (Å²) < 4.78 is 2.43. The van der Waals surface area contributed by atoms with Crippen LogP contribution in [0.4, 0.5) is 5.69 Å². The molecular formula is C14H17BrN4O. The normalized spacial score (nSPS) is 10.6. The van der Waals surface area contributed by atoms with Crippen molar-refractivity contribution in [3.05, 3.63) is 56.9 Å². The van der Waals surface area contributed by atoms with Crippen molar-refractivity contribution >= 4 is 21.6 Å². The van der Waals surface area contributed by atoms with Gasteiger partial charge in [-0.05, 0) is 17.7 Å². The molecule has 0 saturated heterocycles. The zero-order valence-corrected chi connectivity index (χ0v) is 12.9. The maximum absolute atomic E-state index is 12.1. The third-order valence-corrected chi connectivity index (χ3v) is 3.48. The van der Waals surface area contributed by atoms with Crippen LogP contribution in [0, 0.1) is 0 Å². The van der Waals surface area contributed by atoms with Crippen molar-refractivity contribution in [2.45, 2.75) is 6.54 Å². The molecule has 0 aliphatic rings. The summed E-state index contributed by atoms with van der Waals surface area (Å²) >= 11 is 3.42. The van der Waals surface area contributed by atoms with E-state index in [0.717, 1.165) is 15.7 Å². The van der Waals surface area contributed by atoms with E-state index in [1.54, 1.807) is 12.3 Å². The van der Waals surface area contributed by atoms with E-state index in [1.807, 2.05) is 36.2 Å². The monoisotopic (exact) mass is 336 g/mol. The number of anilines is 1. The minimum Gasteiger partial charge on any atom is -0.372 e. The van der Waals surface area contributed by atoms with Gasteiger partial charge in [-0.25, -0.2) is 4.68 Å². The molecule has 20 heavy (non-hydrogen) atoms. The van der Waals surface area contributed by atoms with E-state index in [9.17, 15) is 4.79 Å². The lowest BCUT2D eigenvalue weighted by molar-refractivity contribution is 0.637. The Kier molecular flexibility index (Phi) is 4.92. The van der Waals surface area contributed by atoms with Crippen molar-refractivity contribution in [1.29, 1.82) is 0 Å². The van der Waals surface area contributed by atoms with Crippen molar-refractivity contribution in [3.63, 3.8) is 0 Å². The summed E-state index contributed by atoms with van der Waals surface area (Å²) in [6.07, 6.45) is 1.69. The average Bonchev–Trinajstić information content (AvgIpc) is 2.41. The van der Waals surface area contributed by atoms with E-state index in [-0.39, 0.29) is 5.56 Å². The zero-order valence-electron chi connectivity index (χ0n) is 11.3. The highest BCUT2D eigenvalue weighted by atomic mass is 79.9. The van der Waals surface area contributed by atoms with Crippen LogP contribution in [0.5, 0.6) is 0 Å². The summed E-state index contributed by atoms with van der Waals surface area (Å²) in [6, 6.07) is 9.41. The summed E-state index contributed by atoms with van der Waals surface area (Å²) in [7, 11) is 1.89. The van der Waals surface area contributed by atoms with E-state index < -0.39 is 0 Å². The lowest BCUT2D eigenvalue weighted by Crippen LogP contribution is -2.29. The largest absolute Gasteiger partial charge is 0.372 e. The Labute approximate surface area is 126 Å². The number of likely N-dealkylation sites (N-methyl/N-ethyl adjacent to an activating group) is 1. The summed E-state index contributed by atoms with van der Waals surface area (Å²) in [5, 5.41) is 4.21. The van der Waals surface area contributed by atoms with Crippen LogP contribution in [0.2, 0.25) is 0 Å². The minimum absolute atomic E-state index is 0.119. The van der Waals surface area contributed by atoms with E-state index in [1.165, 1.54) is 4.68 Å². The van der Waals surface area contributed by atoms with Gasteiger partial charge < -0.3 is 10.6 Å². The number of aromatic nitrogens is 2. The fourth-order valence-corrected chi connectivity index (χ4v) is 2.33. The highest BCUT2D eigenvalue weighted by Gasteiger charge is 2.05. The van der Waals surface area contributed by atoms with E-state index in [0.29, 0.717) is 19.6 Å². The Bertz CT molecular complexity index is 641. The van der Waals surface area contributed by atoms with Crippen LogP contribution in [0.3, 0.4) is 0 Å². The topological polar surface area (TPSA) is 64.2 Å². The molecule has 5 nitrogen and oxygen atoms in total. The van der Waals surface area contributed by atoms with Crippen molar-refractivity contribution in [2.75, 3.05) is 25.0 Å². The second kappa shape index (κ2) is 6.67. The first-order chi connectivity index (χ1) is 9.60. The molecule has 0 saturated carbocycles. The molecule has 0 bridgehead atoms. The first-order valence-corrected chi connectivity index (χ1v) is 7.12. The van der Waals surface area contributed by atoms with Gasteiger partial charge in [0.15, 0.2) is 0 Å². The first kappa shape index (κ1) is 14.7. The van der Waals surface area contributed by atoms with Crippen LogP contribution >= 0.6 is 15.9 Å². The number of benzene rings is 1. The van der Waals surface area contributed by atoms with E-state index >= 15 is 0 Å². The highest BCUT2D eigenvalue weighted by molar-refractivity contribution is 9.10. The fourth-order valence-electron chi connectivity index (χ4n) is 1.88. The molecule has 1 aromatic carbocycles. The van der Waals surface area contributed by atoms with Crippen molar-refractivity contribution in [2.24, 2.45) is 5.73 Å². The van der Waals surface area contributed by atoms with Gasteiger partial charge in [0.05, 0.1) is 18.4 Å². The van der Waals surface area contributed by atoms with Gasteiger partial charge in [-0.2, -0.15) is 5.10 Å². The summed E-state index contributed by atoms with van der Waals surface area (Å²) in [5.74, 6) is 0. The molecule has 6 heteroatoms. The molecule has 1 aromatic heterocycles. The Morgan fingerprint density at radius 3 is 2.85 bits per heavy atom. The van der Waals surface area contributed by atoms with Crippen LogP contribution in [-0.2, 0) is 6.54 Å². The quantitative estimate of drug-likeness (QED) is 0.897. The maximum atomic E-state index is 12.1. The molecule has 0 unspecified atom stereocenters.